The number of nitrogens with zero attached hydrogens (tertiary/aromatic N) is 3. The number of carbonyl (C=O) groups is 1. The number of rotatable bonds is 5. The van der Waals surface area contributed by atoms with Crippen LogP contribution >= 0.6 is 0 Å². The second kappa shape index (κ2) is 5.21. The molecule has 88 valence electrons. The first kappa shape index (κ1) is 12.1. The van der Waals surface area contributed by atoms with Crippen molar-refractivity contribution in [2.75, 3.05) is 13.1 Å². The number of hydrogen-bond donors (Lipinski definition) is 2. The number of carbonyl (C=O) groups excluding carboxylic acids is 1. The molecule has 0 saturated heterocycles. The van der Waals surface area contributed by atoms with Crippen molar-refractivity contribution in [2.45, 2.75) is 6.42 Å². The highest BCUT2D eigenvalue weighted by atomic mass is 16.6. The molecule has 0 bridgehead atoms. The zero-order valence-electron chi connectivity index (χ0n) is 8.84. The Balaban J connectivity index is 2.71. The van der Waals surface area contributed by atoms with Gasteiger partial charge in [0, 0.05) is 13.6 Å². The summed E-state index contributed by atoms with van der Waals surface area (Å²) in [6.45, 7) is 0.900. The monoisotopic (exact) mass is 227 g/mol. The standard InChI is InChI=1S/C8H13N5O3/c1-12-5-6(13(15)16)11-7(12)8(14)10-4-2-3-9/h5H,2-4,9H2,1H3,(H,10,14). The summed E-state index contributed by atoms with van der Waals surface area (Å²) in [4.78, 5) is 24.9. The van der Waals surface area contributed by atoms with Gasteiger partial charge in [-0.1, -0.05) is 0 Å². The van der Waals surface area contributed by atoms with Gasteiger partial charge in [0.05, 0.1) is 0 Å². The molecular formula is C8H13N5O3. The van der Waals surface area contributed by atoms with Gasteiger partial charge in [0.2, 0.25) is 0 Å². The van der Waals surface area contributed by atoms with Gasteiger partial charge in [-0.3, -0.25) is 4.79 Å². The molecule has 8 heteroatoms. The molecule has 1 rings (SSSR count). The highest BCUT2D eigenvalue weighted by Gasteiger charge is 2.22. The largest absolute Gasteiger partial charge is 0.382 e. The molecule has 0 aromatic carbocycles. The summed E-state index contributed by atoms with van der Waals surface area (Å²) in [5.74, 6) is -0.765. The third-order valence-electron chi connectivity index (χ3n) is 1.92. The summed E-state index contributed by atoms with van der Waals surface area (Å²) < 4.78 is 1.32. The molecule has 0 aliphatic carbocycles. The van der Waals surface area contributed by atoms with Gasteiger partial charge in [-0.2, -0.15) is 0 Å². The van der Waals surface area contributed by atoms with Crippen LogP contribution in [0.2, 0.25) is 0 Å². The van der Waals surface area contributed by atoms with E-state index in [9.17, 15) is 14.9 Å². The smallest absolute Gasteiger partial charge is 0.358 e. The molecule has 0 radical (unpaired) electrons. The van der Waals surface area contributed by atoms with Gasteiger partial charge in [0.15, 0.2) is 0 Å². The van der Waals surface area contributed by atoms with E-state index in [4.69, 9.17) is 5.73 Å². The molecule has 0 unspecified atom stereocenters. The second-order valence-corrected chi connectivity index (χ2v) is 3.19. The Labute approximate surface area is 91.6 Å². The molecule has 0 atom stereocenters. The minimum Gasteiger partial charge on any atom is -0.358 e. The van der Waals surface area contributed by atoms with E-state index in [1.807, 2.05) is 0 Å². The van der Waals surface area contributed by atoms with Crippen LogP contribution in [0.5, 0.6) is 0 Å². The van der Waals surface area contributed by atoms with Crippen molar-refractivity contribution in [3.05, 3.63) is 22.1 Å². The van der Waals surface area contributed by atoms with Crippen LogP contribution in [0, 0.1) is 10.1 Å². The molecule has 3 N–H and O–H groups in total. The molecule has 8 nitrogen and oxygen atoms in total. The summed E-state index contributed by atoms with van der Waals surface area (Å²) in [6.07, 6.45) is 1.84. The number of hydrogen-bond acceptors (Lipinski definition) is 5. The molecular weight excluding hydrogens is 214 g/mol. The van der Waals surface area contributed by atoms with Crippen molar-refractivity contribution in [1.29, 1.82) is 0 Å². The fourth-order valence-electron chi connectivity index (χ4n) is 1.13. The molecule has 0 aliphatic rings. The Hall–Kier alpha value is -1.96. The van der Waals surface area contributed by atoms with Gasteiger partial charge in [-0.25, -0.2) is 0 Å². The molecule has 1 aromatic rings. The predicted octanol–water partition coefficient (Wildman–Crippen LogP) is -0.593. The van der Waals surface area contributed by atoms with Crippen LogP contribution in [-0.4, -0.2) is 33.5 Å². The Bertz CT molecular complexity index is 400. The lowest BCUT2D eigenvalue weighted by molar-refractivity contribution is -0.389. The molecule has 0 spiro atoms. The Morgan fingerprint density at radius 2 is 2.44 bits per heavy atom. The van der Waals surface area contributed by atoms with Gasteiger partial charge in [-0.15, -0.1) is 0 Å². The molecule has 0 fully saturated rings. The zero-order chi connectivity index (χ0) is 12.1. The van der Waals surface area contributed by atoms with E-state index in [1.165, 1.54) is 17.8 Å². The summed E-state index contributed by atoms with van der Waals surface area (Å²) >= 11 is 0. The first-order valence-electron chi connectivity index (χ1n) is 4.72. The number of aryl methyl sites for hydroxylation is 1. The van der Waals surface area contributed by atoms with Gasteiger partial charge in [-0.05, 0) is 22.9 Å². The van der Waals surface area contributed by atoms with Crippen molar-refractivity contribution in [3.63, 3.8) is 0 Å². The average Bonchev–Trinajstić information content (AvgIpc) is 2.61. The number of nitro groups is 1. The number of amides is 1. The predicted molar refractivity (Wildman–Crippen MR) is 55.9 cm³/mol. The van der Waals surface area contributed by atoms with Crippen molar-refractivity contribution in [1.82, 2.24) is 14.9 Å². The van der Waals surface area contributed by atoms with Crippen LogP contribution in [0.15, 0.2) is 6.20 Å². The minimum atomic E-state index is -0.642. The van der Waals surface area contributed by atoms with E-state index in [0.29, 0.717) is 19.5 Å². The van der Waals surface area contributed by atoms with E-state index in [2.05, 4.69) is 10.3 Å². The maximum Gasteiger partial charge on any atom is 0.382 e. The van der Waals surface area contributed by atoms with Crippen LogP contribution in [-0.2, 0) is 7.05 Å². The van der Waals surface area contributed by atoms with Gasteiger partial charge >= 0.3 is 17.5 Å². The van der Waals surface area contributed by atoms with E-state index in [0.717, 1.165) is 0 Å². The third kappa shape index (κ3) is 2.76. The lowest BCUT2D eigenvalue weighted by atomic mass is 10.4. The quantitative estimate of drug-likeness (QED) is 0.396. The highest BCUT2D eigenvalue weighted by Crippen LogP contribution is 2.09. The first-order valence-corrected chi connectivity index (χ1v) is 4.72. The number of imidazole rings is 1. The number of nitrogens with two attached hydrogens (primary N) is 1. The Morgan fingerprint density at radius 3 is 2.94 bits per heavy atom. The van der Waals surface area contributed by atoms with E-state index >= 15 is 0 Å². The summed E-state index contributed by atoms with van der Waals surface area (Å²) in [6, 6.07) is 0. The Morgan fingerprint density at radius 1 is 1.75 bits per heavy atom. The van der Waals surface area contributed by atoms with Crippen LogP contribution in [0.4, 0.5) is 5.82 Å². The van der Waals surface area contributed by atoms with Crippen molar-refractivity contribution in [3.8, 4) is 0 Å². The lowest BCUT2D eigenvalue weighted by Gasteiger charge is -2.00. The maximum atomic E-state index is 11.5. The van der Waals surface area contributed by atoms with Gasteiger partial charge < -0.3 is 25.7 Å². The van der Waals surface area contributed by atoms with Crippen molar-refractivity contribution in [2.24, 2.45) is 12.8 Å². The van der Waals surface area contributed by atoms with Crippen LogP contribution in [0.25, 0.3) is 0 Å². The van der Waals surface area contributed by atoms with Crippen LogP contribution < -0.4 is 11.1 Å². The van der Waals surface area contributed by atoms with Crippen molar-refractivity contribution >= 4 is 11.7 Å². The van der Waals surface area contributed by atoms with Crippen LogP contribution in [0.3, 0.4) is 0 Å². The van der Waals surface area contributed by atoms with E-state index in [1.54, 1.807) is 0 Å². The summed E-state index contributed by atoms with van der Waals surface area (Å²) in [5.41, 5.74) is 5.27. The maximum absolute atomic E-state index is 11.5. The lowest BCUT2D eigenvalue weighted by Crippen LogP contribution is -2.28. The summed E-state index contributed by atoms with van der Waals surface area (Å²) in [7, 11) is 1.53. The van der Waals surface area contributed by atoms with Crippen LogP contribution in [0.1, 0.15) is 17.0 Å². The minimum absolute atomic E-state index is 0.0173. The normalized spacial score (nSPS) is 10.1. The second-order valence-electron chi connectivity index (χ2n) is 3.19. The third-order valence-corrected chi connectivity index (χ3v) is 1.92. The zero-order valence-corrected chi connectivity index (χ0v) is 8.84. The van der Waals surface area contributed by atoms with Gasteiger partial charge in [0.25, 0.3) is 0 Å². The van der Waals surface area contributed by atoms with E-state index < -0.39 is 10.8 Å². The fourth-order valence-corrected chi connectivity index (χ4v) is 1.13. The molecule has 1 aromatic heterocycles. The molecule has 1 heterocycles. The van der Waals surface area contributed by atoms with Crippen molar-refractivity contribution < 1.29 is 9.72 Å². The Kier molecular flexibility index (Phi) is 3.95. The summed E-state index contributed by atoms with van der Waals surface area (Å²) in [5, 5.41) is 13.0. The van der Waals surface area contributed by atoms with E-state index in [-0.39, 0.29) is 11.6 Å². The first-order chi connectivity index (χ1) is 7.56. The number of nitrogens with one attached hydrogen (secondary N) is 1. The molecule has 16 heavy (non-hydrogen) atoms. The van der Waals surface area contributed by atoms with Gasteiger partial charge in [0.1, 0.15) is 6.20 Å². The topological polar surface area (TPSA) is 116 Å². The number of aromatic nitrogens is 2. The molecule has 1 amide bonds. The highest BCUT2D eigenvalue weighted by molar-refractivity contribution is 5.91. The molecule has 0 saturated carbocycles. The fraction of sp³-hybridized carbons (Fsp3) is 0.500. The SMILES string of the molecule is Cn1cc([N+](=O)[O-])nc1C(=O)NCCCN. The average molecular weight is 227 g/mol. The molecule has 0 aliphatic heterocycles.